The summed E-state index contributed by atoms with van der Waals surface area (Å²) >= 11 is 3.26. The van der Waals surface area contributed by atoms with Gasteiger partial charge in [0.2, 0.25) is 15.9 Å². The molecule has 0 aromatic heterocycles. The Morgan fingerprint density at radius 3 is 2.40 bits per heavy atom. The summed E-state index contributed by atoms with van der Waals surface area (Å²) in [5.41, 5.74) is 2.69. The second kappa shape index (κ2) is 8.12. The fourth-order valence-corrected chi connectivity index (χ4v) is 3.87. The average Bonchev–Trinajstić information content (AvgIpc) is 2.56. The fraction of sp³-hybridized carbons (Fsp3) is 0.278. The highest BCUT2D eigenvalue weighted by Crippen LogP contribution is 2.21. The van der Waals surface area contributed by atoms with Crippen molar-refractivity contribution in [1.29, 1.82) is 0 Å². The summed E-state index contributed by atoms with van der Waals surface area (Å²) in [6, 6.07) is 11.1. The Bertz CT molecular complexity index is 864. The van der Waals surface area contributed by atoms with Crippen molar-refractivity contribution >= 4 is 37.5 Å². The minimum absolute atomic E-state index is 0.112. The molecule has 2 rings (SSSR count). The number of carbonyl (C=O) groups is 1. The standard InChI is InChI=1S/C18H21BrN2O3S/c1-4-14-7-5-6-12(2)17(14)20-18(22)13(3)21-25(23,24)16-10-8-15(19)9-11-16/h5-11,13,21H,4H2,1-3H3,(H,20,22). The van der Waals surface area contributed by atoms with Crippen molar-refractivity contribution in [3.63, 3.8) is 0 Å². The summed E-state index contributed by atoms with van der Waals surface area (Å²) in [6.45, 7) is 5.44. The van der Waals surface area contributed by atoms with E-state index in [4.69, 9.17) is 0 Å². The fourth-order valence-electron chi connectivity index (χ4n) is 2.40. The molecule has 2 N–H and O–H groups in total. The first-order valence-electron chi connectivity index (χ1n) is 7.92. The van der Waals surface area contributed by atoms with Gasteiger partial charge >= 0.3 is 0 Å². The Balaban J connectivity index is 2.14. The Hall–Kier alpha value is -1.70. The molecule has 1 unspecified atom stereocenters. The van der Waals surface area contributed by atoms with Crippen LogP contribution in [-0.4, -0.2) is 20.4 Å². The van der Waals surface area contributed by atoms with Crippen molar-refractivity contribution < 1.29 is 13.2 Å². The zero-order chi connectivity index (χ0) is 18.6. The van der Waals surface area contributed by atoms with Gasteiger partial charge in [-0.05, 0) is 55.7 Å². The van der Waals surface area contributed by atoms with Crippen LogP contribution in [0, 0.1) is 6.92 Å². The molecule has 0 aliphatic carbocycles. The zero-order valence-corrected chi connectivity index (χ0v) is 16.7. The van der Waals surface area contributed by atoms with Crippen molar-refractivity contribution in [2.24, 2.45) is 0 Å². The number of amides is 1. The molecule has 0 saturated heterocycles. The van der Waals surface area contributed by atoms with Crippen LogP contribution < -0.4 is 10.0 Å². The number of nitrogens with one attached hydrogen (secondary N) is 2. The molecule has 0 fully saturated rings. The van der Waals surface area contributed by atoms with Gasteiger partial charge in [-0.25, -0.2) is 8.42 Å². The second-order valence-corrected chi connectivity index (χ2v) is 8.38. The number of benzene rings is 2. The number of hydrogen-bond acceptors (Lipinski definition) is 3. The Labute approximate surface area is 157 Å². The molecule has 0 radical (unpaired) electrons. The predicted molar refractivity (Wildman–Crippen MR) is 103 cm³/mol. The smallest absolute Gasteiger partial charge is 0.242 e. The number of halogens is 1. The summed E-state index contributed by atoms with van der Waals surface area (Å²) in [6.07, 6.45) is 0.774. The molecule has 2 aromatic rings. The van der Waals surface area contributed by atoms with Crippen molar-refractivity contribution in [2.45, 2.75) is 38.1 Å². The zero-order valence-electron chi connectivity index (χ0n) is 14.3. The molecule has 0 aliphatic heterocycles. The monoisotopic (exact) mass is 424 g/mol. The SMILES string of the molecule is CCc1cccc(C)c1NC(=O)C(C)NS(=O)(=O)c1ccc(Br)cc1. The van der Waals surface area contributed by atoms with E-state index >= 15 is 0 Å². The summed E-state index contributed by atoms with van der Waals surface area (Å²) in [7, 11) is -3.77. The highest BCUT2D eigenvalue weighted by molar-refractivity contribution is 9.10. The predicted octanol–water partition coefficient (Wildman–Crippen LogP) is 3.63. The number of carbonyl (C=O) groups excluding carboxylic acids is 1. The lowest BCUT2D eigenvalue weighted by atomic mass is 10.1. The lowest BCUT2D eigenvalue weighted by Crippen LogP contribution is -2.41. The maximum absolute atomic E-state index is 12.5. The summed E-state index contributed by atoms with van der Waals surface area (Å²) < 4.78 is 28.0. The molecule has 25 heavy (non-hydrogen) atoms. The Morgan fingerprint density at radius 1 is 1.16 bits per heavy atom. The van der Waals surface area contributed by atoms with Crippen molar-refractivity contribution in [3.05, 3.63) is 58.1 Å². The van der Waals surface area contributed by atoms with E-state index in [-0.39, 0.29) is 4.90 Å². The van der Waals surface area contributed by atoms with Crippen molar-refractivity contribution in [1.82, 2.24) is 4.72 Å². The van der Waals surface area contributed by atoms with Crippen molar-refractivity contribution in [3.8, 4) is 0 Å². The van der Waals surface area contributed by atoms with Gasteiger partial charge in [0.05, 0.1) is 10.9 Å². The third-order valence-corrected chi connectivity index (χ3v) is 5.92. The molecule has 0 saturated carbocycles. The number of sulfonamides is 1. The third-order valence-electron chi connectivity index (χ3n) is 3.84. The van der Waals surface area contributed by atoms with Gasteiger partial charge in [-0.2, -0.15) is 4.72 Å². The van der Waals surface area contributed by atoms with Crippen LogP contribution in [0.5, 0.6) is 0 Å². The molecule has 1 amide bonds. The molecule has 5 nitrogen and oxygen atoms in total. The maximum atomic E-state index is 12.5. The number of anilines is 1. The van der Waals surface area contributed by atoms with Crippen LogP contribution in [-0.2, 0) is 21.2 Å². The highest BCUT2D eigenvalue weighted by atomic mass is 79.9. The normalized spacial score (nSPS) is 12.6. The van der Waals surface area contributed by atoms with Gasteiger partial charge in [0.15, 0.2) is 0 Å². The number of rotatable bonds is 6. The number of hydrogen-bond donors (Lipinski definition) is 2. The molecule has 0 bridgehead atoms. The van der Waals surface area contributed by atoms with Crippen LogP contribution in [0.1, 0.15) is 25.0 Å². The molecular weight excluding hydrogens is 404 g/mol. The van der Waals surface area contributed by atoms with Crippen LogP contribution in [0.4, 0.5) is 5.69 Å². The van der Waals surface area contributed by atoms with E-state index in [0.29, 0.717) is 0 Å². The lowest BCUT2D eigenvalue weighted by Gasteiger charge is -2.17. The first kappa shape index (κ1) is 19.6. The van der Waals surface area contributed by atoms with Gasteiger partial charge in [-0.15, -0.1) is 0 Å². The minimum Gasteiger partial charge on any atom is -0.324 e. The number of para-hydroxylation sites is 1. The van der Waals surface area contributed by atoms with Crippen LogP contribution in [0.15, 0.2) is 51.8 Å². The van der Waals surface area contributed by atoms with E-state index in [1.807, 2.05) is 32.0 Å². The molecule has 0 spiro atoms. The molecular formula is C18H21BrN2O3S. The molecule has 1 atom stereocenters. The van der Waals surface area contributed by atoms with Gasteiger partial charge in [0.25, 0.3) is 0 Å². The first-order chi connectivity index (χ1) is 11.7. The van der Waals surface area contributed by atoms with Gasteiger partial charge < -0.3 is 5.32 Å². The summed E-state index contributed by atoms with van der Waals surface area (Å²) in [5.74, 6) is -0.398. The van der Waals surface area contributed by atoms with Crippen LogP contribution in [0.3, 0.4) is 0 Å². The topological polar surface area (TPSA) is 75.3 Å². The summed E-state index contributed by atoms with van der Waals surface area (Å²) in [5, 5.41) is 2.84. The minimum atomic E-state index is -3.77. The summed E-state index contributed by atoms with van der Waals surface area (Å²) in [4.78, 5) is 12.6. The molecule has 0 heterocycles. The average molecular weight is 425 g/mol. The van der Waals surface area contributed by atoms with Crippen molar-refractivity contribution in [2.75, 3.05) is 5.32 Å². The third kappa shape index (κ3) is 4.90. The quantitative estimate of drug-likeness (QED) is 0.743. The molecule has 0 aliphatic rings. The van der Waals surface area contributed by atoms with Gasteiger partial charge in [0, 0.05) is 10.2 Å². The number of aryl methyl sites for hydroxylation is 2. The van der Waals surface area contributed by atoms with E-state index < -0.39 is 22.0 Å². The lowest BCUT2D eigenvalue weighted by molar-refractivity contribution is -0.117. The van der Waals surface area contributed by atoms with E-state index in [2.05, 4.69) is 26.0 Å². The Morgan fingerprint density at radius 2 is 1.80 bits per heavy atom. The van der Waals surface area contributed by atoms with Gasteiger partial charge in [-0.1, -0.05) is 41.1 Å². The van der Waals surface area contributed by atoms with Gasteiger partial charge in [0.1, 0.15) is 0 Å². The highest BCUT2D eigenvalue weighted by Gasteiger charge is 2.22. The van der Waals surface area contributed by atoms with Gasteiger partial charge in [-0.3, -0.25) is 4.79 Å². The van der Waals surface area contributed by atoms with E-state index in [1.54, 1.807) is 12.1 Å². The van der Waals surface area contributed by atoms with E-state index in [1.165, 1.54) is 19.1 Å². The largest absolute Gasteiger partial charge is 0.324 e. The maximum Gasteiger partial charge on any atom is 0.242 e. The molecule has 7 heteroatoms. The van der Waals surface area contributed by atoms with E-state index in [0.717, 1.165) is 27.7 Å². The van der Waals surface area contributed by atoms with E-state index in [9.17, 15) is 13.2 Å². The molecule has 2 aromatic carbocycles. The van der Waals surface area contributed by atoms with Crippen LogP contribution in [0.25, 0.3) is 0 Å². The second-order valence-electron chi connectivity index (χ2n) is 5.75. The first-order valence-corrected chi connectivity index (χ1v) is 10.2. The van der Waals surface area contributed by atoms with Crippen LogP contribution in [0.2, 0.25) is 0 Å². The van der Waals surface area contributed by atoms with Crippen LogP contribution >= 0.6 is 15.9 Å². The Kier molecular flexibility index (Phi) is 6.37. The molecule has 134 valence electrons.